The summed E-state index contributed by atoms with van der Waals surface area (Å²) in [6.07, 6.45) is 5.50. The third-order valence-corrected chi connectivity index (χ3v) is 4.74. The molecule has 0 bridgehead atoms. The van der Waals surface area contributed by atoms with Gasteiger partial charge in [-0.15, -0.1) is 0 Å². The summed E-state index contributed by atoms with van der Waals surface area (Å²) in [4.78, 5) is 33.6. The summed E-state index contributed by atoms with van der Waals surface area (Å²) in [5.74, 6) is -0.893. The summed E-state index contributed by atoms with van der Waals surface area (Å²) in [7, 11) is 6.06. The van der Waals surface area contributed by atoms with Gasteiger partial charge in [-0.3, -0.25) is 14.6 Å². The Balaban J connectivity index is 1.80. The van der Waals surface area contributed by atoms with Crippen molar-refractivity contribution in [3.05, 3.63) is 60.2 Å². The standard InChI is InChI=1S/C20H23BN4O2/c1-13(2)10-17(21)24-19(27)20(11-15(20)14-6-4-3-5-7-14)25-18(26)16-12-22-8-9-23-16/h3-9,12-13,15,17H,10-11H2,1-2H3,(H,24,27)(H,25,26)/t15-,17-,20-/m0/s1. The predicted octanol–water partition coefficient (Wildman–Crippen LogP) is 1.79. The van der Waals surface area contributed by atoms with Gasteiger partial charge in [0.15, 0.2) is 0 Å². The highest BCUT2D eigenvalue weighted by molar-refractivity contribution is 6.14. The Morgan fingerprint density at radius 2 is 2.00 bits per heavy atom. The number of rotatable bonds is 7. The number of nitrogens with one attached hydrogen (secondary N) is 2. The first-order valence-electron chi connectivity index (χ1n) is 9.12. The number of amides is 2. The van der Waals surface area contributed by atoms with Gasteiger partial charge >= 0.3 is 0 Å². The smallest absolute Gasteiger partial charge is 0.272 e. The number of nitrogens with zero attached hydrogens (tertiary/aromatic N) is 2. The molecule has 1 saturated carbocycles. The average molecular weight is 362 g/mol. The van der Waals surface area contributed by atoms with Gasteiger partial charge in [0, 0.05) is 18.3 Å². The summed E-state index contributed by atoms with van der Waals surface area (Å²) in [5.41, 5.74) is 0.157. The molecule has 1 heterocycles. The zero-order valence-corrected chi connectivity index (χ0v) is 15.6. The first kappa shape index (κ1) is 19.1. The fourth-order valence-corrected chi connectivity index (χ4v) is 3.34. The maximum absolute atomic E-state index is 13.0. The Bertz CT molecular complexity index is 800. The Kier molecular flexibility index (Phi) is 5.58. The van der Waals surface area contributed by atoms with Crippen molar-refractivity contribution in [1.82, 2.24) is 20.6 Å². The lowest BCUT2D eigenvalue weighted by Crippen LogP contribution is -2.53. The highest BCUT2D eigenvalue weighted by atomic mass is 16.2. The van der Waals surface area contributed by atoms with E-state index in [1.54, 1.807) is 0 Å². The van der Waals surface area contributed by atoms with Crippen LogP contribution in [0.15, 0.2) is 48.9 Å². The van der Waals surface area contributed by atoms with Crippen molar-refractivity contribution in [2.45, 2.75) is 44.1 Å². The molecule has 1 aliphatic rings. The van der Waals surface area contributed by atoms with Crippen LogP contribution in [0.5, 0.6) is 0 Å². The molecular formula is C20H23BN4O2. The van der Waals surface area contributed by atoms with Crippen LogP contribution in [0.25, 0.3) is 0 Å². The molecule has 7 heteroatoms. The van der Waals surface area contributed by atoms with Crippen molar-refractivity contribution in [1.29, 1.82) is 0 Å². The first-order valence-corrected chi connectivity index (χ1v) is 9.12. The molecule has 2 aromatic rings. The van der Waals surface area contributed by atoms with Crippen LogP contribution in [0.1, 0.15) is 48.7 Å². The fourth-order valence-electron chi connectivity index (χ4n) is 3.34. The van der Waals surface area contributed by atoms with E-state index in [-0.39, 0.29) is 17.5 Å². The lowest BCUT2D eigenvalue weighted by molar-refractivity contribution is -0.124. The van der Waals surface area contributed by atoms with Crippen molar-refractivity contribution >= 4 is 19.7 Å². The molecule has 1 aliphatic carbocycles. The van der Waals surface area contributed by atoms with Gasteiger partial charge in [-0.1, -0.05) is 44.2 Å². The SMILES string of the molecule is [B][C@H](CC(C)C)NC(=O)[C@]1(NC(=O)c2cnccn2)C[C@H]1c1ccccc1. The van der Waals surface area contributed by atoms with Crippen LogP contribution >= 0.6 is 0 Å². The van der Waals surface area contributed by atoms with Gasteiger partial charge in [-0.05, 0) is 30.3 Å². The molecular weight excluding hydrogens is 339 g/mol. The fraction of sp³-hybridized carbons (Fsp3) is 0.400. The molecule has 2 amide bonds. The molecule has 3 rings (SSSR count). The van der Waals surface area contributed by atoms with E-state index in [1.165, 1.54) is 18.6 Å². The quantitative estimate of drug-likeness (QED) is 0.736. The first-order chi connectivity index (χ1) is 12.9. The van der Waals surface area contributed by atoms with Crippen LogP contribution < -0.4 is 10.6 Å². The van der Waals surface area contributed by atoms with Crippen molar-refractivity contribution in [2.75, 3.05) is 0 Å². The summed E-state index contributed by atoms with van der Waals surface area (Å²) >= 11 is 0. The second-order valence-corrected chi connectivity index (χ2v) is 7.39. The van der Waals surface area contributed by atoms with Gasteiger partial charge in [-0.25, -0.2) is 4.98 Å². The number of carbonyl (C=O) groups excluding carboxylic acids is 2. The van der Waals surface area contributed by atoms with Crippen molar-refractivity contribution in [3.8, 4) is 0 Å². The average Bonchev–Trinajstić information content (AvgIpc) is 3.38. The minimum atomic E-state index is -1.02. The monoisotopic (exact) mass is 362 g/mol. The van der Waals surface area contributed by atoms with E-state index in [1.807, 2.05) is 44.2 Å². The highest BCUT2D eigenvalue weighted by Gasteiger charge is 2.61. The van der Waals surface area contributed by atoms with Gasteiger partial charge in [0.1, 0.15) is 11.2 Å². The lowest BCUT2D eigenvalue weighted by Gasteiger charge is -2.23. The van der Waals surface area contributed by atoms with Gasteiger partial charge < -0.3 is 10.6 Å². The van der Waals surface area contributed by atoms with Crippen LogP contribution in [0, 0.1) is 5.92 Å². The molecule has 1 fully saturated rings. The molecule has 1 aromatic carbocycles. The van der Waals surface area contributed by atoms with Crippen molar-refractivity contribution < 1.29 is 9.59 Å². The Labute approximate surface area is 160 Å². The molecule has 0 spiro atoms. The van der Waals surface area contributed by atoms with Crippen LogP contribution in [0.4, 0.5) is 0 Å². The second-order valence-electron chi connectivity index (χ2n) is 7.39. The number of hydrogen-bond donors (Lipinski definition) is 2. The molecule has 0 unspecified atom stereocenters. The Morgan fingerprint density at radius 3 is 2.63 bits per heavy atom. The van der Waals surface area contributed by atoms with E-state index < -0.39 is 17.4 Å². The third kappa shape index (κ3) is 4.35. The molecule has 1 aromatic heterocycles. The molecule has 2 N–H and O–H groups in total. The van der Waals surface area contributed by atoms with Crippen molar-refractivity contribution in [2.24, 2.45) is 5.92 Å². The summed E-state index contributed by atoms with van der Waals surface area (Å²) < 4.78 is 0. The molecule has 3 atom stereocenters. The highest BCUT2D eigenvalue weighted by Crippen LogP contribution is 2.51. The van der Waals surface area contributed by atoms with Crippen molar-refractivity contribution in [3.63, 3.8) is 0 Å². The Morgan fingerprint density at radius 1 is 1.26 bits per heavy atom. The lowest BCUT2D eigenvalue weighted by atomic mass is 9.87. The largest absolute Gasteiger partial charge is 0.360 e. The maximum Gasteiger partial charge on any atom is 0.272 e. The van der Waals surface area contributed by atoms with Crippen LogP contribution in [-0.2, 0) is 4.79 Å². The summed E-state index contributed by atoms with van der Waals surface area (Å²) in [6.45, 7) is 4.09. The van der Waals surface area contributed by atoms with Crippen LogP contribution in [0.3, 0.4) is 0 Å². The number of aromatic nitrogens is 2. The molecule has 27 heavy (non-hydrogen) atoms. The molecule has 2 radical (unpaired) electrons. The Hall–Kier alpha value is -2.70. The number of hydrogen-bond acceptors (Lipinski definition) is 4. The minimum absolute atomic E-state index is 0.106. The van der Waals surface area contributed by atoms with E-state index in [0.29, 0.717) is 18.8 Å². The minimum Gasteiger partial charge on any atom is -0.360 e. The molecule has 138 valence electrons. The van der Waals surface area contributed by atoms with Crippen LogP contribution in [-0.4, -0.2) is 41.1 Å². The van der Waals surface area contributed by atoms with E-state index in [9.17, 15) is 9.59 Å². The molecule has 0 saturated heterocycles. The van der Waals surface area contributed by atoms with Crippen LogP contribution in [0.2, 0.25) is 0 Å². The summed E-state index contributed by atoms with van der Waals surface area (Å²) in [6, 6.07) is 9.69. The van der Waals surface area contributed by atoms with E-state index in [0.717, 1.165) is 5.56 Å². The summed E-state index contributed by atoms with van der Waals surface area (Å²) in [5, 5.41) is 5.74. The van der Waals surface area contributed by atoms with E-state index >= 15 is 0 Å². The predicted molar refractivity (Wildman–Crippen MR) is 103 cm³/mol. The van der Waals surface area contributed by atoms with E-state index in [2.05, 4.69) is 20.6 Å². The molecule has 6 nitrogen and oxygen atoms in total. The van der Waals surface area contributed by atoms with E-state index in [4.69, 9.17) is 7.85 Å². The van der Waals surface area contributed by atoms with Gasteiger partial charge in [0.2, 0.25) is 5.91 Å². The van der Waals surface area contributed by atoms with Gasteiger partial charge in [-0.2, -0.15) is 0 Å². The third-order valence-electron chi connectivity index (χ3n) is 4.74. The van der Waals surface area contributed by atoms with Gasteiger partial charge in [0.05, 0.1) is 14.0 Å². The maximum atomic E-state index is 13.0. The number of carbonyl (C=O) groups is 2. The van der Waals surface area contributed by atoms with Gasteiger partial charge in [0.25, 0.3) is 5.91 Å². The second kappa shape index (κ2) is 7.90. The zero-order chi connectivity index (χ0) is 19.4. The number of benzene rings is 1. The zero-order valence-electron chi connectivity index (χ0n) is 15.6. The topological polar surface area (TPSA) is 84.0 Å². The normalized spacial score (nSPS) is 22.1. The molecule has 0 aliphatic heterocycles.